The van der Waals surface area contributed by atoms with Crippen LogP contribution in [-0.4, -0.2) is 49.5 Å². The molecule has 1 aromatic carbocycles. The molecule has 2 fully saturated rings. The van der Waals surface area contributed by atoms with Gasteiger partial charge in [0.2, 0.25) is 0 Å². The summed E-state index contributed by atoms with van der Waals surface area (Å²) >= 11 is 1.63. The van der Waals surface area contributed by atoms with Crippen molar-refractivity contribution < 1.29 is 0 Å². The number of thiazole rings is 1. The highest BCUT2D eigenvalue weighted by Gasteiger charge is 2.49. The largest absolute Gasteiger partial charge is 0.355 e. The average molecular weight is 446 g/mol. The lowest BCUT2D eigenvalue weighted by Gasteiger charge is -2.45. The highest BCUT2D eigenvalue weighted by Crippen LogP contribution is 2.44. The monoisotopic (exact) mass is 445 g/mol. The molecule has 32 heavy (non-hydrogen) atoms. The summed E-state index contributed by atoms with van der Waals surface area (Å²) in [6.45, 7) is 4.72. The minimum absolute atomic E-state index is 0.230. The molecule has 0 amide bonds. The Labute approximate surface area is 191 Å². The Balaban J connectivity index is 1.29. The number of fused-ring (bicyclic) bond motifs is 3. The van der Waals surface area contributed by atoms with Crippen molar-refractivity contribution in [1.82, 2.24) is 30.7 Å². The maximum Gasteiger partial charge on any atom is 0.151 e. The molecule has 0 spiro atoms. The number of benzene rings is 1. The topological polar surface area (TPSA) is 82.6 Å². The van der Waals surface area contributed by atoms with Gasteiger partial charge in [-0.05, 0) is 51.7 Å². The molecule has 2 aliphatic heterocycles. The van der Waals surface area contributed by atoms with Crippen molar-refractivity contribution in [3.8, 4) is 22.4 Å². The molecule has 2 aliphatic rings. The maximum atomic E-state index is 4.63. The molecule has 4 aromatic rings. The van der Waals surface area contributed by atoms with Gasteiger partial charge in [-0.25, -0.2) is 4.98 Å². The normalized spacial score (nSPS) is 27.2. The van der Waals surface area contributed by atoms with Crippen LogP contribution in [0.4, 0.5) is 5.82 Å². The third kappa shape index (κ3) is 3.20. The number of nitrogens with zero attached hydrogens (tertiary/aromatic N) is 5. The molecule has 8 heteroatoms. The SMILES string of the molecule is CN(c1ccc(-c2ccc(-c3cn[nH]c3)c3ncsc23)nn1)C1CC2(C)CCC(C)(C1)N2. The zero-order valence-corrected chi connectivity index (χ0v) is 19.4. The number of hydrogen-bond donors (Lipinski definition) is 2. The Morgan fingerprint density at radius 1 is 1.03 bits per heavy atom. The van der Waals surface area contributed by atoms with Gasteiger partial charge in [0, 0.05) is 47.1 Å². The number of hydrogen-bond acceptors (Lipinski definition) is 7. The second-order valence-electron chi connectivity index (χ2n) is 9.87. The zero-order chi connectivity index (χ0) is 21.9. The average Bonchev–Trinajstić information content (AvgIpc) is 3.52. The van der Waals surface area contributed by atoms with Crippen LogP contribution < -0.4 is 10.2 Å². The minimum atomic E-state index is 0.230. The lowest BCUT2D eigenvalue weighted by molar-refractivity contribution is 0.207. The fourth-order valence-corrected chi connectivity index (χ4v) is 6.56. The molecular formula is C24H27N7S. The van der Waals surface area contributed by atoms with Crippen molar-refractivity contribution >= 4 is 27.4 Å². The lowest BCUT2D eigenvalue weighted by atomic mass is 9.84. The van der Waals surface area contributed by atoms with Crippen molar-refractivity contribution in [2.24, 2.45) is 0 Å². The summed E-state index contributed by atoms with van der Waals surface area (Å²) in [5.74, 6) is 0.933. The predicted molar refractivity (Wildman–Crippen MR) is 129 cm³/mol. The van der Waals surface area contributed by atoms with Crippen molar-refractivity contribution in [1.29, 1.82) is 0 Å². The lowest BCUT2D eigenvalue weighted by Crippen LogP contribution is -2.58. The van der Waals surface area contributed by atoms with E-state index in [2.05, 4.69) is 80.8 Å². The molecule has 6 rings (SSSR count). The molecule has 0 aliphatic carbocycles. The van der Waals surface area contributed by atoms with Crippen LogP contribution in [0.1, 0.15) is 39.5 Å². The molecule has 2 N–H and O–H groups in total. The van der Waals surface area contributed by atoms with Gasteiger partial charge in [0.25, 0.3) is 0 Å². The Morgan fingerprint density at radius 2 is 1.81 bits per heavy atom. The third-order valence-electron chi connectivity index (χ3n) is 7.33. The summed E-state index contributed by atoms with van der Waals surface area (Å²) in [5, 5.41) is 20.1. The van der Waals surface area contributed by atoms with E-state index in [4.69, 9.17) is 0 Å². The number of aromatic amines is 1. The highest BCUT2D eigenvalue weighted by atomic mass is 32.1. The summed E-state index contributed by atoms with van der Waals surface area (Å²) in [4.78, 5) is 6.94. The van der Waals surface area contributed by atoms with Gasteiger partial charge in [-0.3, -0.25) is 5.10 Å². The summed E-state index contributed by atoms with van der Waals surface area (Å²) in [6, 6.07) is 8.87. The number of nitrogens with one attached hydrogen (secondary N) is 2. The number of anilines is 1. The van der Waals surface area contributed by atoms with E-state index in [0.717, 1.165) is 51.3 Å². The van der Waals surface area contributed by atoms with Gasteiger partial charge in [0.15, 0.2) is 5.82 Å². The Morgan fingerprint density at radius 3 is 2.50 bits per heavy atom. The van der Waals surface area contributed by atoms with Crippen LogP contribution >= 0.6 is 11.3 Å². The van der Waals surface area contributed by atoms with Gasteiger partial charge < -0.3 is 10.2 Å². The molecule has 0 saturated carbocycles. The van der Waals surface area contributed by atoms with Crippen molar-refractivity contribution in [2.45, 2.75) is 56.7 Å². The van der Waals surface area contributed by atoms with Crippen molar-refractivity contribution in [2.75, 3.05) is 11.9 Å². The highest BCUT2D eigenvalue weighted by molar-refractivity contribution is 7.17. The first-order chi connectivity index (χ1) is 15.4. The summed E-state index contributed by atoms with van der Waals surface area (Å²) in [7, 11) is 2.16. The smallest absolute Gasteiger partial charge is 0.151 e. The number of H-pyrrole nitrogens is 1. The number of aromatic nitrogens is 5. The summed E-state index contributed by atoms with van der Waals surface area (Å²) in [6.07, 6.45) is 8.49. The van der Waals surface area contributed by atoms with Crippen LogP contribution in [0.15, 0.2) is 42.2 Å². The van der Waals surface area contributed by atoms with E-state index in [1.54, 1.807) is 11.3 Å². The third-order valence-corrected chi connectivity index (χ3v) is 8.19. The maximum absolute atomic E-state index is 4.63. The summed E-state index contributed by atoms with van der Waals surface area (Å²) < 4.78 is 1.12. The first kappa shape index (κ1) is 19.8. The van der Waals surface area contributed by atoms with E-state index >= 15 is 0 Å². The first-order valence-corrected chi connectivity index (χ1v) is 12.0. The molecule has 3 aromatic heterocycles. The Hall–Kier alpha value is -2.84. The molecule has 2 atom stereocenters. The van der Waals surface area contributed by atoms with Gasteiger partial charge in [-0.1, -0.05) is 12.1 Å². The van der Waals surface area contributed by atoms with Crippen LogP contribution in [-0.2, 0) is 0 Å². The summed E-state index contributed by atoms with van der Waals surface area (Å²) in [5.41, 5.74) is 7.38. The molecule has 164 valence electrons. The van der Waals surface area contributed by atoms with E-state index in [1.807, 2.05) is 17.9 Å². The fraction of sp³-hybridized carbons (Fsp3) is 0.417. The van der Waals surface area contributed by atoms with Crippen molar-refractivity contribution in [3.63, 3.8) is 0 Å². The molecule has 2 saturated heterocycles. The van der Waals surface area contributed by atoms with Crippen molar-refractivity contribution in [3.05, 3.63) is 42.2 Å². The van der Waals surface area contributed by atoms with Crippen LogP contribution in [0.25, 0.3) is 32.6 Å². The van der Waals surface area contributed by atoms with E-state index < -0.39 is 0 Å². The van der Waals surface area contributed by atoms with Crippen LogP contribution in [0.3, 0.4) is 0 Å². The van der Waals surface area contributed by atoms with E-state index in [1.165, 1.54) is 12.8 Å². The first-order valence-electron chi connectivity index (χ1n) is 11.1. The van der Waals surface area contributed by atoms with Gasteiger partial charge in [0.05, 0.1) is 27.6 Å². The van der Waals surface area contributed by atoms with E-state index in [0.29, 0.717) is 6.04 Å². The number of piperidine rings is 1. The second-order valence-corrected chi connectivity index (χ2v) is 10.7. The number of rotatable bonds is 4. The Kier molecular flexibility index (Phi) is 4.39. The van der Waals surface area contributed by atoms with Crippen LogP contribution in [0.2, 0.25) is 0 Å². The quantitative estimate of drug-likeness (QED) is 0.476. The van der Waals surface area contributed by atoms with Gasteiger partial charge >= 0.3 is 0 Å². The van der Waals surface area contributed by atoms with Gasteiger partial charge in [0.1, 0.15) is 0 Å². The Bertz CT molecular complexity index is 1250. The standard InChI is InChI=1S/C24H27N7S/c1-23-8-9-24(2,30-23)11-16(10-23)31(3)20-7-6-19(28-29-20)18-5-4-17(15-12-26-27-13-15)21-22(18)32-14-25-21/h4-7,12-14,16,30H,8-11H2,1-3H3,(H,26,27). The van der Waals surface area contributed by atoms with Gasteiger partial charge in [-0.15, -0.1) is 21.5 Å². The predicted octanol–water partition coefficient (Wildman–Crippen LogP) is 4.64. The molecule has 2 unspecified atom stereocenters. The van der Waals surface area contributed by atoms with E-state index in [-0.39, 0.29) is 11.1 Å². The minimum Gasteiger partial charge on any atom is -0.355 e. The molecule has 2 bridgehead atoms. The molecule has 0 radical (unpaired) electrons. The molecule has 5 heterocycles. The molecular weight excluding hydrogens is 418 g/mol. The zero-order valence-electron chi connectivity index (χ0n) is 18.6. The van der Waals surface area contributed by atoms with E-state index in [9.17, 15) is 0 Å². The van der Waals surface area contributed by atoms with Crippen LogP contribution in [0, 0.1) is 0 Å². The van der Waals surface area contributed by atoms with Crippen LogP contribution in [0.5, 0.6) is 0 Å². The second kappa shape index (κ2) is 7.08. The molecule has 7 nitrogen and oxygen atoms in total. The van der Waals surface area contributed by atoms with Gasteiger partial charge in [-0.2, -0.15) is 5.10 Å². The fourth-order valence-electron chi connectivity index (χ4n) is 5.72.